The van der Waals surface area contributed by atoms with E-state index in [9.17, 15) is 13.2 Å². The molecule has 0 fully saturated rings. The van der Waals surface area contributed by atoms with E-state index < -0.39 is 15.9 Å². The summed E-state index contributed by atoms with van der Waals surface area (Å²) in [5, 5.41) is 0.424. The minimum atomic E-state index is -3.84. The molecule has 8 heteroatoms. The lowest BCUT2D eigenvalue weighted by Crippen LogP contribution is -2.42. The first-order valence-electron chi connectivity index (χ1n) is 6.60. The zero-order valence-electron chi connectivity index (χ0n) is 12.2. The van der Waals surface area contributed by atoms with Gasteiger partial charge in [0.15, 0.2) is 0 Å². The molecule has 0 spiro atoms. The van der Waals surface area contributed by atoms with Crippen molar-refractivity contribution in [3.05, 3.63) is 59.1 Å². The molecule has 0 bridgehead atoms. The van der Waals surface area contributed by atoms with Gasteiger partial charge in [-0.25, -0.2) is 8.42 Å². The monoisotopic (exact) mass is 354 g/mol. The van der Waals surface area contributed by atoms with Gasteiger partial charge in [-0.05, 0) is 42.0 Å². The maximum absolute atomic E-state index is 12.0. The van der Waals surface area contributed by atoms with Crippen LogP contribution in [0.3, 0.4) is 0 Å². The smallest absolute Gasteiger partial charge is 0.257 e. The lowest BCUT2D eigenvalue weighted by atomic mass is 10.1. The lowest BCUT2D eigenvalue weighted by Gasteiger charge is -2.09. The van der Waals surface area contributed by atoms with Crippen molar-refractivity contribution in [1.29, 1.82) is 0 Å². The van der Waals surface area contributed by atoms with E-state index in [0.29, 0.717) is 10.8 Å². The molecule has 1 amide bonds. The number of nitrogens with one attached hydrogen (secondary N) is 2. The maximum Gasteiger partial charge on any atom is 0.257 e. The van der Waals surface area contributed by atoms with E-state index in [-0.39, 0.29) is 11.3 Å². The van der Waals surface area contributed by atoms with E-state index >= 15 is 0 Å². The summed E-state index contributed by atoms with van der Waals surface area (Å²) in [6.45, 7) is 0. The molecule has 0 saturated heterocycles. The molecular formula is C15H15ClN2O4S. The third-order valence-corrected chi connectivity index (χ3v) is 4.49. The fraction of sp³-hybridized carbons (Fsp3) is 0.133. The van der Waals surface area contributed by atoms with Gasteiger partial charge in [0.1, 0.15) is 5.75 Å². The molecule has 0 aliphatic heterocycles. The predicted octanol–water partition coefficient (Wildman–Crippen LogP) is 1.90. The molecule has 6 nitrogen and oxygen atoms in total. The summed E-state index contributed by atoms with van der Waals surface area (Å²) in [7, 11) is -2.29. The second kappa shape index (κ2) is 7.45. The Morgan fingerprint density at radius 2 is 1.70 bits per heavy atom. The van der Waals surface area contributed by atoms with Crippen LogP contribution in [0.5, 0.6) is 5.75 Å². The SMILES string of the molecule is COc1ccc(CC(=O)NNS(=O)(=O)c2ccc(Cl)cc2)cc1. The highest BCUT2D eigenvalue weighted by Gasteiger charge is 2.15. The fourth-order valence-corrected chi connectivity index (χ4v) is 2.76. The number of methoxy groups -OCH3 is 1. The molecule has 0 atom stereocenters. The molecule has 0 radical (unpaired) electrons. The molecule has 2 rings (SSSR count). The van der Waals surface area contributed by atoms with Gasteiger partial charge < -0.3 is 4.74 Å². The normalized spacial score (nSPS) is 11.0. The van der Waals surface area contributed by atoms with E-state index in [1.165, 1.54) is 24.3 Å². The summed E-state index contributed by atoms with van der Waals surface area (Å²) in [6, 6.07) is 12.5. The molecule has 2 aromatic rings. The van der Waals surface area contributed by atoms with Crippen LogP contribution in [0.2, 0.25) is 5.02 Å². The number of sulfonamides is 1. The number of benzene rings is 2. The summed E-state index contributed by atoms with van der Waals surface area (Å²) in [5.74, 6) is 0.199. The van der Waals surface area contributed by atoms with E-state index in [1.807, 2.05) is 4.83 Å². The van der Waals surface area contributed by atoms with Gasteiger partial charge in [-0.2, -0.15) is 0 Å². The molecule has 122 valence electrons. The second-order valence-corrected chi connectivity index (χ2v) is 6.75. The number of amides is 1. The number of rotatable bonds is 6. The maximum atomic E-state index is 12.0. The van der Waals surface area contributed by atoms with Crippen LogP contribution < -0.4 is 15.0 Å². The number of carbonyl (C=O) groups is 1. The van der Waals surface area contributed by atoms with E-state index in [4.69, 9.17) is 16.3 Å². The topological polar surface area (TPSA) is 84.5 Å². The summed E-state index contributed by atoms with van der Waals surface area (Å²) in [4.78, 5) is 13.9. The van der Waals surface area contributed by atoms with Gasteiger partial charge in [0.25, 0.3) is 10.0 Å². The van der Waals surface area contributed by atoms with Crippen molar-refractivity contribution in [2.45, 2.75) is 11.3 Å². The zero-order chi connectivity index (χ0) is 16.9. The Bertz CT molecular complexity index is 774. The van der Waals surface area contributed by atoms with E-state index in [0.717, 1.165) is 5.56 Å². The third-order valence-electron chi connectivity index (χ3n) is 2.97. The quantitative estimate of drug-likeness (QED) is 0.776. The second-order valence-electron chi connectivity index (χ2n) is 4.63. The Labute approximate surface area is 139 Å². The predicted molar refractivity (Wildman–Crippen MR) is 86.6 cm³/mol. The fourth-order valence-electron chi connectivity index (χ4n) is 1.77. The van der Waals surface area contributed by atoms with Gasteiger partial charge in [-0.15, -0.1) is 4.83 Å². The summed E-state index contributed by atoms with van der Waals surface area (Å²) < 4.78 is 29.0. The Morgan fingerprint density at radius 3 is 2.26 bits per heavy atom. The van der Waals surface area contributed by atoms with E-state index in [2.05, 4.69) is 5.43 Å². The highest BCUT2D eigenvalue weighted by atomic mass is 35.5. The van der Waals surface area contributed by atoms with Gasteiger partial charge in [0, 0.05) is 5.02 Å². The van der Waals surface area contributed by atoms with Crippen molar-refractivity contribution in [2.75, 3.05) is 7.11 Å². The van der Waals surface area contributed by atoms with Crippen LogP contribution >= 0.6 is 11.6 Å². The zero-order valence-corrected chi connectivity index (χ0v) is 13.8. The van der Waals surface area contributed by atoms with Crippen LogP contribution in [0.25, 0.3) is 0 Å². The van der Waals surface area contributed by atoms with Crippen LogP contribution in [-0.4, -0.2) is 21.4 Å². The largest absolute Gasteiger partial charge is 0.497 e. The van der Waals surface area contributed by atoms with Gasteiger partial charge in [0.2, 0.25) is 5.91 Å². The lowest BCUT2D eigenvalue weighted by molar-refractivity contribution is -0.120. The Hall–Kier alpha value is -2.09. The van der Waals surface area contributed by atoms with Gasteiger partial charge >= 0.3 is 0 Å². The Balaban J connectivity index is 1.93. The van der Waals surface area contributed by atoms with Crippen molar-refractivity contribution < 1.29 is 17.9 Å². The standard InChI is InChI=1S/C15H15ClN2O4S/c1-22-13-6-2-11(3-7-13)10-15(19)17-18-23(20,21)14-8-4-12(16)5-9-14/h2-9,18H,10H2,1H3,(H,17,19). The number of ether oxygens (including phenoxy) is 1. The summed E-state index contributed by atoms with van der Waals surface area (Å²) in [5.41, 5.74) is 2.90. The van der Waals surface area contributed by atoms with Crippen LogP contribution in [0.15, 0.2) is 53.4 Å². The molecule has 2 aromatic carbocycles. The van der Waals surface area contributed by atoms with Crippen LogP contribution in [-0.2, 0) is 21.2 Å². The number of hydrogen-bond acceptors (Lipinski definition) is 4. The highest BCUT2D eigenvalue weighted by molar-refractivity contribution is 7.89. The highest BCUT2D eigenvalue weighted by Crippen LogP contribution is 2.14. The third kappa shape index (κ3) is 4.95. The van der Waals surface area contributed by atoms with Crippen molar-refractivity contribution in [1.82, 2.24) is 10.3 Å². The first-order valence-corrected chi connectivity index (χ1v) is 8.46. The molecule has 0 heterocycles. The van der Waals surface area contributed by atoms with Gasteiger partial charge in [-0.3, -0.25) is 10.2 Å². The van der Waals surface area contributed by atoms with Crippen molar-refractivity contribution in [3.8, 4) is 5.75 Å². The van der Waals surface area contributed by atoms with Gasteiger partial charge in [-0.1, -0.05) is 23.7 Å². The van der Waals surface area contributed by atoms with Gasteiger partial charge in [0.05, 0.1) is 18.4 Å². The minimum Gasteiger partial charge on any atom is -0.497 e. The average molecular weight is 355 g/mol. The summed E-state index contributed by atoms with van der Waals surface area (Å²) >= 11 is 5.71. The Kier molecular flexibility index (Phi) is 5.59. The van der Waals surface area contributed by atoms with Crippen LogP contribution in [0.1, 0.15) is 5.56 Å². The molecule has 23 heavy (non-hydrogen) atoms. The molecule has 0 aromatic heterocycles. The Morgan fingerprint density at radius 1 is 1.09 bits per heavy atom. The number of hydrazine groups is 1. The van der Waals surface area contributed by atoms with Crippen LogP contribution in [0.4, 0.5) is 0 Å². The number of halogens is 1. The molecule has 0 unspecified atom stereocenters. The number of carbonyl (C=O) groups excluding carboxylic acids is 1. The van der Waals surface area contributed by atoms with E-state index in [1.54, 1.807) is 31.4 Å². The number of hydrogen-bond donors (Lipinski definition) is 2. The molecule has 0 aliphatic carbocycles. The van der Waals surface area contributed by atoms with Crippen molar-refractivity contribution >= 4 is 27.5 Å². The first kappa shape index (κ1) is 17.3. The summed E-state index contributed by atoms with van der Waals surface area (Å²) in [6.07, 6.45) is 0.0349. The van der Waals surface area contributed by atoms with Crippen molar-refractivity contribution in [3.63, 3.8) is 0 Å². The molecule has 2 N–H and O–H groups in total. The van der Waals surface area contributed by atoms with Crippen molar-refractivity contribution in [2.24, 2.45) is 0 Å². The first-order chi connectivity index (χ1) is 10.9. The minimum absolute atomic E-state index is 0.00616. The average Bonchev–Trinajstić information content (AvgIpc) is 2.54. The molecule has 0 aliphatic rings. The molecule has 0 saturated carbocycles. The molecular weight excluding hydrogens is 340 g/mol. The van der Waals surface area contributed by atoms with Crippen LogP contribution in [0, 0.1) is 0 Å².